The molecule has 1 aromatic carbocycles. The lowest BCUT2D eigenvalue weighted by molar-refractivity contribution is 0.102. The Morgan fingerprint density at radius 1 is 1.33 bits per heavy atom. The van der Waals surface area contributed by atoms with Crippen LogP contribution in [0.3, 0.4) is 0 Å². The maximum atomic E-state index is 12.0. The third-order valence-electron chi connectivity index (χ3n) is 2.53. The van der Waals surface area contributed by atoms with Gasteiger partial charge in [0.1, 0.15) is 0 Å². The second-order valence-electron chi connectivity index (χ2n) is 3.75. The highest BCUT2D eigenvalue weighted by atomic mass is 79.9. The number of benzene rings is 1. The molecule has 2 nitrogen and oxygen atoms in total. The van der Waals surface area contributed by atoms with Crippen LogP contribution in [0.4, 0.5) is 5.69 Å². The summed E-state index contributed by atoms with van der Waals surface area (Å²) in [5.41, 5.74) is 2.66. The van der Waals surface area contributed by atoms with Gasteiger partial charge in [-0.3, -0.25) is 4.79 Å². The van der Waals surface area contributed by atoms with E-state index in [0.29, 0.717) is 5.56 Å². The van der Waals surface area contributed by atoms with Crippen LogP contribution >= 0.6 is 43.2 Å². The summed E-state index contributed by atoms with van der Waals surface area (Å²) in [6.45, 7) is 2.07. The van der Waals surface area contributed by atoms with Gasteiger partial charge < -0.3 is 5.32 Å². The van der Waals surface area contributed by atoms with E-state index in [1.54, 1.807) is 0 Å². The SMILES string of the molecule is CCc1cc(Br)ccc1NC(=O)c1csc(Br)c1. The molecule has 0 aliphatic heterocycles. The van der Waals surface area contributed by atoms with Gasteiger partial charge in [-0.25, -0.2) is 0 Å². The van der Waals surface area contributed by atoms with E-state index in [2.05, 4.69) is 44.1 Å². The molecule has 94 valence electrons. The molecule has 2 aromatic rings. The van der Waals surface area contributed by atoms with Crippen molar-refractivity contribution in [1.29, 1.82) is 0 Å². The first kappa shape index (κ1) is 13.8. The molecule has 0 aliphatic rings. The Kier molecular flexibility index (Phi) is 4.59. The molecule has 2 rings (SSSR count). The summed E-state index contributed by atoms with van der Waals surface area (Å²) in [4.78, 5) is 12.0. The molecule has 5 heteroatoms. The lowest BCUT2D eigenvalue weighted by atomic mass is 10.1. The number of hydrogen-bond donors (Lipinski definition) is 1. The van der Waals surface area contributed by atoms with E-state index in [9.17, 15) is 4.79 Å². The largest absolute Gasteiger partial charge is 0.322 e. The van der Waals surface area contributed by atoms with Crippen LogP contribution in [-0.2, 0) is 6.42 Å². The normalized spacial score (nSPS) is 10.4. The van der Waals surface area contributed by atoms with E-state index in [1.807, 2.05) is 29.6 Å². The number of hydrogen-bond acceptors (Lipinski definition) is 2. The Bertz CT molecular complexity index is 580. The van der Waals surface area contributed by atoms with Gasteiger partial charge in [-0.2, -0.15) is 0 Å². The van der Waals surface area contributed by atoms with Crippen LogP contribution in [0.15, 0.2) is 37.9 Å². The smallest absolute Gasteiger partial charge is 0.256 e. The van der Waals surface area contributed by atoms with Crippen LogP contribution in [0.5, 0.6) is 0 Å². The fourth-order valence-corrected chi connectivity index (χ4v) is 3.15. The molecule has 0 fully saturated rings. The lowest BCUT2D eigenvalue weighted by Gasteiger charge is -2.09. The number of amides is 1. The highest BCUT2D eigenvalue weighted by Gasteiger charge is 2.10. The van der Waals surface area contributed by atoms with E-state index in [4.69, 9.17) is 0 Å². The molecule has 0 radical (unpaired) electrons. The van der Waals surface area contributed by atoms with Gasteiger partial charge in [0.2, 0.25) is 0 Å². The maximum Gasteiger partial charge on any atom is 0.256 e. The van der Waals surface area contributed by atoms with Gasteiger partial charge in [-0.15, -0.1) is 11.3 Å². The Morgan fingerprint density at radius 2 is 2.11 bits per heavy atom. The second-order valence-corrected chi connectivity index (χ2v) is 6.95. The first-order valence-corrected chi connectivity index (χ1v) is 7.90. The van der Waals surface area contributed by atoms with Crippen molar-refractivity contribution in [2.75, 3.05) is 5.32 Å². The van der Waals surface area contributed by atoms with E-state index in [-0.39, 0.29) is 5.91 Å². The van der Waals surface area contributed by atoms with Gasteiger partial charge in [0.25, 0.3) is 5.91 Å². The lowest BCUT2D eigenvalue weighted by Crippen LogP contribution is -2.12. The fraction of sp³-hybridized carbons (Fsp3) is 0.154. The van der Waals surface area contributed by atoms with Crippen LogP contribution in [-0.4, -0.2) is 5.91 Å². The van der Waals surface area contributed by atoms with Crippen molar-refractivity contribution in [2.24, 2.45) is 0 Å². The zero-order valence-electron chi connectivity index (χ0n) is 9.67. The van der Waals surface area contributed by atoms with Gasteiger partial charge >= 0.3 is 0 Å². The number of thiophene rings is 1. The predicted octanol–water partition coefficient (Wildman–Crippen LogP) is 5.09. The zero-order chi connectivity index (χ0) is 13.1. The summed E-state index contributed by atoms with van der Waals surface area (Å²) in [6.07, 6.45) is 0.877. The van der Waals surface area contributed by atoms with Gasteiger partial charge in [-0.05, 0) is 52.2 Å². The molecule has 1 aromatic heterocycles. The first-order valence-electron chi connectivity index (χ1n) is 5.44. The fourth-order valence-electron chi connectivity index (χ4n) is 1.60. The molecule has 0 atom stereocenters. The van der Waals surface area contributed by atoms with Crippen LogP contribution in [0.2, 0.25) is 0 Å². The van der Waals surface area contributed by atoms with Crippen molar-refractivity contribution >= 4 is 54.8 Å². The van der Waals surface area contributed by atoms with Gasteiger partial charge in [0.15, 0.2) is 0 Å². The number of carbonyl (C=O) groups is 1. The zero-order valence-corrected chi connectivity index (χ0v) is 13.7. The number of rotatable bonds is 3. The van der Waals surface area contributed by atoms with Crippen molar-refractivity contribution < 1.29 is 4.79 Å². The molecule has 0 saturated heterocycles. The molecule has 0 saturated carbocycles. The van der Waals surface area contributed by atoms with Crippen molar-refractivity contribution in [2.45, 2.75) is 13.3 Å². The van der Waals surface area contributed by atoms with Crippen molar-refractivity contribution in [1.82, 2.24) is 0 Å². The van der Waals surface area contributed by atoms with Gasteiger partial charge in [-0.1, -0.05) is 22.9 Å². The highest BCUT2D eigenvalue weighted by molar-refractivity contribution is 9.11. The number of halogens is 2. The Hall–Kier alpha value is -0.650. The van der Waals surface area contributed by atoms with Crippen LogP contribution in [0.25, 0.3) is 0 Å². The highest BCUT2D eigenvalue weighted by Crippen LogP contribution is 2.24. The number of anilines is 1. The summed E-state index contributed by atoms with van der Waals surface area (Å²) in [5, 5.41) is 4.78. The van der Waals surface area contributed by atoms with Gasteiger partial charge in [0.05, 0.1) is 9.35 Å². The summed E-state index contributed by atoms with van der Waals surface area (Å²) in [5.74, 6) is -0.0750. The number of nitrogens with one attached hydrogen (secondary N) is 1. The molecule has 1 N–H and O–H groups in total. The standard InChI is InChI=1S/C13H11Br2NOS/c1-2-8-5-10(14)3-4-11(8)16-13(17)9-6-12(15)18-7-9/h3-7H,2H2,1H3,(H,16,17). The van der Waals surface area contributed by atoms with E-state index < -0.39 is 0 Å². The molecule has 1 heterocycles. The van der Waals surface area contributed by atoms with Crippen LogP contribution in [0, 0.1) is 0 Å². The minimum Gasteiger partial charge on any atom is -0.322 e. The predicted molar refractivity (Wildman–Crippen MR) is 83.5 cm³/mol. The molecule has 18 heavy (non-hydrogen) atoms. The number of carbonyl (C=O) groups excluding carboxylic acids is 1. The third kappa shape index (κ3) is 3.22. The summed E-state index contributed by atoms with van der Waals surface area (Å²) in [6, 6.07) is 7.70. The number of aryl methyl sites for hydroxylation is 1. The molecule has 0 unspecified atom stereocenters. The maximum absolute atomic E-state index is 12.0. The van der Waals surface area contributed by atoms with Crippen LogP contribution in [0.1, 0.15) is 22.8 Å². The first-order chi connectivity index (χ1) is 8.60. The molecular weight excluding hydrogens is 378 g/mol. The van der Waals surface area contributed by atoms with Crippen LogP contribution < -0.4 is 5.32 Å². The minimum atomic E-state index is -0.0750. The summed E-state index contributed by atoms with van der Waals surface area (Å²) >= 11 is 8.29. The Labute approximate surface area is 127 Å². The molecule has 1 amide bonds. The topological polar surface area (TPSA) is 29.1 Å². The average molecular weight is 389 g/mol. The molecular formula is C13H11Br2NOS. The van der Waals surface area contributed by atoms with E-state index in [0.717, 1.165) is 25.9 Å². The molecule has 0 spiro atoms. The average Bonchev–Trinajstić information content (AvgIpc) is 2.78. The Morgan fingerprint density at radius 3 is 2.72 bits per heavy atom. The monoisotopic (exact) mass is 387 g/mol. The van der Waals surface area contributed by atoms with Crippen molar-refractivity contribution in [3.05, 3.63) is 49.0 Å². The minimum absolute atomic E-state index is 0.0750. The molecule has 0 aliphatic carbocycles. The summed E-state index contributed by atoms with van der Waals surface area (Å²) in [7, 11) is 0. The second kappa shape index (κ2) is 5.99. The van der Waals surface area contributed by atoms with E-state index in [1.165, 1.54) is 11.3 Å². The third-order valence-corrected chi connectivity index (χ3v) is 4.52. The Balaban J connectivity index is 2.21. The van der Waals surface area contributed by atoms with E-state index >= 15 is 0 Å². The van der Waals surface area contributed by atoms with Crippen molar-refractivity contribution in [3.63, 3.8) is 0 Å². The summed E-state index contributed by atoms with van der Waals surface area (Å²) < 4.78 is 1.98. The quantitative estimate of drug-likeness (QED) is 0.779. The van der Waals surface area contributed by atoms with Gasteiger partial charge in [0, 0.05) is 15.5 Å². The molecule has 0 bridgehead atoms. The van der Waals surface area contributed by atoms with Crippen molar-refractivity contribution in [3.8, 4) is 0 Å².